The largest absolute Gasteiger partial charge is 0.481 e. The summed E-state index contributed by atoms with van der Waals surface area (Å²) in [5.41, 5.74) is 2.14. The topological polar surface area (TPSA) is 119 Å². The van der Waals surface area contributed by atoms with Gasteiger partial charge in [0.15, 0.2) is 22.5 Å². The summed E-state index contributed by atoms with van der Waals surface area (Å²) in [4.78, 5) is 33.8. The number of aliphatic carboxylic acids is 1. The molecule has 0 bridgehead atoms. The minimum atomic E-state index is -1.20. The summed E-state index contributed by atoms with van der Waals surface area (Å²) in [5.74, 6) is -3.32. The Morgan fingerprint density at radius 1 is 1.19 bits per heavy atom. The minimum absolute atomic E-state index is 0.0642. The Balaban J connectivity index is 1.29. The maximum atomic E-state index is 14.6. The molecule has 3 aliphatic rings. The van der Waals surface area contributed by atoms with E-state index in [2.05, 4.69) is 15.4 Å². The molecule has 6 rings (SSSR count). The molecular weight excluding hydrogens is 600 g/mol. The molecule has 43 heavy (non-hydrogen) atoms. The fourth-order valence-electron chi connectivity index (χ4n) is 6.23. The van der Waals surface area contributed by atoms with Crippen molar-refractivity contribution in [3.05, 3.63) is 80.2 Å². The van der Waals surface area contributed by atoms with Crippen LogP contribution in [0.5, 0.6) is 0 Å². The van der Waals surface area contributed by atoms with Crippen LogP contribution >= 0.6 is 22.9 Å². The van der Waals surface area contributed by atoms with Crippen molar-refractivity contribution in [1.29, 1.82) is 0 Å². The molecule has 3 heterocycles. The number of aromatic nitrogens is 3. The SMILES string of the molecule is CCOC(=O)C1=C(C2CCC(c3cnn(C4CC(C(=O)O)C4)c3)CC2)NC(c2nccs2)=NC1c1ccc(F)c(F)c1Cl. The Morgan fingerprint density at radius 2 is 1.93 bits per heavy atom. The van der Waals surface area contributed by atoms with Gasteiger partial charge < -0.3 is 15.2 Å². The second-order valence-electron chi connectivity index (χ2n) is 11.1. The molecule has 9 nitrogen and oxygen atoms in total. The van der Waals surface area contributed by atoms with Crippen molar-refractivity contribution in [3.8, 4) is 0 Å². The highest BCUT2D eigenvalue weighted by Gasteiger charge is 2.39. The summed E-state index contributed by atoms with van der Waals surface area (Å²) >= 11 is 7.67. The fraction of sp³-hybridized carbons (Fsp3) is 0.433. The molecule has 2 N–H and O–H groups in total. The zero-order valence-electron chi connectivity index (χ0n) is 23.3. The Morgan fingerprint density at radius 3 is 2.60 bits per heavy atom. The van der Waals surface area contributed by atoms with E-state index in [0.29, 0.717) is 29.4 Å². The van der Waals surface area contributed by atoms with Crippen LogP contribution in [0.4, 0.5) is 8.78 Å². The molecule has 13 heteroatoms. The van der Waals surface area contributed by atoms with E-state index in [1.165, 1.54) is 17.4 Å². The molecular formula is C30H30ClF2N5O4S. The predicted octanol–water partition coefficient (Wildman–Crippen LogP) is 6.19. The number of nitrogens with zero attached hydrogens (tertiary/aromatic N) is 4. The summed E-state index contributed by atoms with van der Waals surface area (Å²) in [6.45, 7) is 1.83. The summed E-state index contributed by atoms with van der Waals surface area (Å²) < 4.78 is 36.0. The van der Waals surface area contributed by atoms with Crippen LogP contribution in [-0.4, -0.2) is 44.3 Å². The normalized spacial score (nSPS) is 25.5. The van der Waals surface area contributed by atoms with Gasteiger partial charge in [0.2, 0.25) is 0 Å². The molecule has 1 unspecified atom stereocenters. The van der Waals surface area contributed by atoms with E-state index in [4.69, 9.17) is 21.3 Å². The summed E-state index contributed by atoms with van der Waals surface area (Å²) in [5, 5.41) is 19.0. The molecule has 3 aromatic rings. The van der Waals surface area contributed by atoms with Crippen LogP contribution in [0.3, 0.4) is 0 Å². The van der Waals surface area contributed by atoms with Crippen LogP contribution < -0.4 is 5.32 Å². The number of amidine groups is 1. The van der Waals surface area contributed by atoms with Crippen LogP contribution in [-0.2, 0) is 14.3 Å². The molecule has 0 radical (unpaired) electrons. The lowest BCUT2D eigenvalue weighted by Gasteiger charge is -2.35. The van der Waals surface area contributed by atoms with Gasteiger partial charge in [-0.05, 0) is 68.9 Å². The number of rotatable bonds is 8. The third-order valence-corrected chi connectivity index (χ3v) is 9.79. The maximum absolute atomic E-state index is 14.6. The monoisotopic (exact) mass is 629 g/mol. The molecule has 1 aliphatic heterocycles. The van der Waals surface area contributed by atoms with Gasteiger partial charge in [0.05, 0.1) is 35.4 Å². The highest BCUT2D eigenvalue weighted by atomic mass is 35.5. The fourth-order valence-corrected chi connectivity index (χ4v) is 7.08. The lowest BCUT2D eigenvalue weighted by atomic mass is 9.76. The van der Waals surface area contributed by atoms with E-state index in [1.54, 1.807) is 18.5 Å². The first-order valence-corrected chi connectivity index (χ1v) is 15.6. The molecule has 0 saturated heterocycles. The Bertz CT molecular complexity index is 1590. The Labute approximate surface area is 255 Å². The van der Waals surface area contributed by atoms with Gasteiger partial charge in [0.1, 0.15) is 6.04 Å². The van der Waals surface area contributed by atoms with E-state index >= 15 is 0 Å². The average Bonchev–Trinajstić information content (AvgIpc) is 3.68. The third kappa shape index (κ3) is 5.70. The summed E-state index contributed by atoms with van der Waals surface area (Å²) in [6, 6.07) is 1.42. The number of hydrogen-bond acceptors (Lipinski definition) is 8. The number of ether oxygens (including phenoxy) is 1. The van der Waals surface area contributed by atoms with E-state index in [9.17, 15) is 23.5 Å². The predicted molar refractivity (Wildman–Crippen MR) is 156 cm³/mol. The van der Waals surface area contributed by atoms with Gasteiger partial charge in [-0.25, -0.2) is 18.6 Å². The third-order valence-electron chi connectivity index (χ3n) is 8.63. The van der Waals surface area contributed by atoms with Gasteiger partial charge in [-0.3, -0.25) is 14.5 Å². The summed E-state index contributed by atoms with van der Waals surface area (Å²) in [6.07, 6.45) is 9.88. The molecule has 2 fully saturated rings. The van der Waals surface area contributed by atoms with Crippen molar-refractivity contribution in [2.45, 2.75) is 63.5 Å². The first-order chi connectivity index (χ1) is 20.7. The number of aliphatic imine (C=N–C) groups is 1. The lowest BCUT2D eigenvalue weighted by molar-refractivity contribution is -0.146. The number of esters is 1. The Kier molecular flexibility index (Phi) is 8.32. The van der Waals surface area contributed by atoms with E-state index < -0.39 is 34.6 Å². The average molecular weight is 630 g/mol. The zero-order chi connectivity index (χ0) is 30.2. The summed E-state index contributed by atoms with van der Waals surface area (Å²) in [7, 11) is 0. The number of hydrogen-bond donors (Lipinski definition) is 2. The zero-order valence-corrected chi connectivity index (χ0v) is 24.9. The minimum Gasteiger partial charge on any atom is -0.481 e. The van der Waals surface area contributed by atoms with Crippen LogP contribution in [0.2, 0.25) is 5.02 Å². The van der Waals surface area contributed by atoms with Crippen molar-refractivity contribution in [2.75, 3.05) is 6.61 Å². The van der Waals surface area contributed by atoms with E-state index in [0.717, 1.165) is 37.3 Å². The van der Waals surface area contributed by atoms with Crippen molar-refractivity contribution >= 4 is 40.7 Å². The number of benzene rings is 1. The lowest BCUT2D eigenvalue weighted by Crippen LogP contribution is -2.38. The van der Waals surface area contributed by atoms with E-state index in [-0.39, 0.29) is 41.5 Å². The first kappa shape index (κ1) is 29.4. The van der Waals surface area contributed by atoms with Crippen molar-refractivity contribution < 1.29 is 28.2 Å². The van der Waals surface area contributed by atoms with Crippen molar-refractivity contribution in [2.24, 2.45) is 16.8 Å². The number of carboxylic acid groups (broad SMARTS) is 1. The van der Waals surface area contributed by atoms with Crippen LogP contribution in [0.25, 0.3) is 0 Å². The van der Waals surface area contributed by atoms with Gasteiger partial charge in [0.25, 0.3) is 0 Å². The second-order valence-corrected chi connectivity index (χ2v) is 12.4. The molecule has 2 aliphatic carbocycles. The molecule has 1 atom stereocenters. The number of allylic oxidation sites excluding steroid dienone is 1. The second kappa shape index (κ2) is 12.2. The Hall–Kier alpha value is -3.64. The van der Waals surface area contributed by atoms with Gasteiger partial charge >= 0.3 is 11.9 Å². The number of carboxylic acids is 1. The van der Waals surface area contributed by atoms with Gasteiger partial charge in [-0.15, -0.1) is 11.3 Å². The van der Waals surface area contributed by atoms with Crippen molar-refractivity contribution in [1.82, 2.24) is 20.1 Å². The smallest absolute Gasteiger partial charge is 0.338 e. The van der Waals surface area contributed by atoms with Crippen LogP contribution in [0, 0.1) is 23.5 Å². The molecule has 226 valence electrons. The molecule has 1 aromatic carbocycles. The van der Waals surface area contributed by atoms with Crippen molar-refractivity contribution in [3.63, 3.8) is 0 Å². The highest BCUT2D eigenvalue weighted by molar-refractivity contribution is 7.11. The first-order valence-electron chi connectivity index (χ1n) is 14.3. The van der Waals surface area contributed by atoms with Gasteiger partial charge in [-0.1, -0.05) is 17.7 Å². The van der Waals surface area contributed by atoms with Crippen LogP contribution in [0.15, 0.2) is 52.4 Å². The number of halogens is 3. The quantitative estimate of drug-likeness (QED) is 0.225. The highest BCUT2D eigenvalue weighted by Crippen LogP contribution is 2.45. The van der Waals surface area contributed by atoms with Crippen LogP contribution in [0.1, 0.15) is 79.6 Å². The van der Waals surface area contributed by atoms with E-state index in [1.807, 2.05) is 17.1 Å². The number of carbonyl (C=O) groups excluding carboxylic acids is 1. The number of nitrogens with one attached hydrogen (secondary N) is 1. The molecule has 2 aromatic heterocycles. The molecule has 0 spiro atoms. The standard InChI is InChI=1S/C30H30ClF2N5O4S/c1-2-42-30(41)22-25(16-5-3-15(4-6-16)18-13-35-38(14-18)19-11-17(12-19)29(39)40)36-27(28-34-9-10-43-28)37-26(22)20-7-8-21(32)24(33)23(20)31/h7-10,13-17,19,26H,2-6,11-12H2,1H3,(H,36,37)(H,39,40). The number of carbonyl (C=O) groups is 2. The van der Waals surface area contributed by atoms with Gasteiger partial charge in [-0.2, -0.15) is 5.10 Å². The molecule has 0 amide bonds. The molecule has 2 saturated carbocycles. The van der Waals surface area contributed by atoms with Gasteiger partial charge in [0, 0.05) is 29.0 Å². The number of thiazole rings is 1. The maximum Gasteiger partial charge on any atom is 0.338 e.